The minimum absolute atomic E-state index is 0.112. The van der Waals surface area contributed by atoms with Crippen LogP contribution in [0.25, 0.3) is 10.4 Å². The van der Waals surface area contributed by atoms with Gasteiger partial charge in [0.05, 0.1) is 7.11 Å². The number of ether oxygens (including phenoxy) is 1. The molecule has 5 nitrogen and oxygen atoms in total. The van der Waals surface area contributed by atoms with Crippen molar-refractivity contribution in [2.75, 3.05) is 7.11 Å². The molecule has 88 valence electrons. The van der Waals surface area contributed by atoms with Gasteiger partial charge in [0.1, 0.15) is 11.6 Å². The zero-order valence-corrected chi connectivity index (χ0v) is 9.13. The van der Waals surface area contributed by atoms with Crippen LogP contribution in [0.4, 0.5) is 4.39 Å². The van der Waals surface area contributed by atoms with Gasteiger partial charge in [0.2, 0.25) is 5.91 Å². The maximum absolute atomic E-state index is 13.1. The lowest BCUT2D eigenvalue weighted by atomic mass is 10.1. The summed E-state index contributed by atoms with van der Waals surface area (Å²) in [5.74, 6) is -0.778. The van der Waals surface area contributed by atoms with Gasteiger partial charge in [-0.05, 0) is 41.2 Å². The Hall–Kier alpha value is -2.07. The molecule has 17 heavy (non-hydrogen) atoms. The Bertz CT molecular complexity index is 511. The van der Waals surface area contributed by atoms with E-state index in [1.165, 1.54) is 25.3 Å². The highest BCUT2D eigenvalue weighted by atomic mass is 19.1. The summed E-state index contributed by atoms with van der Waals surface area (Å²) in [4.78, 5) is 13.8. The monoisotopic (exact) mass is 235 g/mol. The molecule has 1 aliphatic rings. The standard InChI is InChI=1S/C11H10FN3O2/c1-17-10-3-2-6(12)4-8(10)7-5-9(7)11(16)14-15-13/h2-4,7,9H,5H2,1H3/t7-,9-/m0/s1. The first-order chi connectivity index (χ1) is 8.17. The van der Waals surface area contributed by atoms with Crippen LogP contribution in [0.3, 0.4) is 0 Å². The van der Waals surface area contributed by atoms with E-state index in [9.17, 15) is 9.18 Å². The second kappa shape index (κ2) is 4.43. The largest absolute Gasteiger partial charge is 0.496 e. The number of rotatable bonds is 3. The SMILES string of the molecule is COc1ccc(F)cc1[C@@H]1C[C@@H]1C(=O)N=[N+]=[N-]. The van der Waals surface area contributed by atoms with Gasteiger partial charge in [0.15, 0.2) is 0 Å². The van der Waals surface area contributed by atoms with Crippen LogP contribution in [0.2, 0.25) is 0 Å². The van der Waals surface area contributed by atoms with Gasteiger partial charge in [-0.15, -0.1) is 0 Å². The Balaban J connectivity index is 2.23. The molecule has 1 aromatic carbocycles. The third-order valence-corrected chi connectivity index (χ3v) is 2.84. The number of halogens is 1. The predicted molar refractivity (Wildman–Crippen MR) is 58.0 cm³/mol. The van der Waals surface area contributed by atoms with E-state index < -0.39 is 5.91 Å². The van der Waals surface area contributed by atoms with Crippen molar-refractivity contribution in [2.45, 2.75) is 12.3 Å². The molecule has 1 fully saturated rings. The Morgan fingerprint density at radius 1 is 1.65 bits per heavy atom. The second-order valence-electron chi connectivity index (χ2n) is 3.86. The lowest BCUT2D eigenvalue weighted by Crippen LogP contribution is -1.98. The van der Waals surface area contributed by atoms with Crippen molar-refractivity contribution in [3.05, 3.63) is 40.0 Å². The van der Waals surface area contributed by atoms with E-state index in [0.29, 0.717) is 17.7 Å². The van der Waals surface area contributed by atoms with Crippen molar-refractivity contribution in [2.24, 2.45) is 11.0 Å². The van der Waals surface area contributed by atoms with Crippen LogP contribution in [0, 0.1) is 11.7 Å². The van der Waals surface area contributed by atoms with E-state index in [1.54, 1.807) is 0 Å². The molecule has 1 amide bonds. The highest BCUT2D eigenvalue weighted by Gasteiger charge is 2.44. The lowest BCUT2D eigenvalue weighted by Gasteiger charge is -2.07. The van der Waals surface area contributed by atoms with Crippen LogP contribution in [-0.2, 0) is 4.79 Å². The third kappa shape index (κ3) is 2.21. The molecule has 0 radical (unpaired) electrons. The van der Waals surface area contributed by atoms with E-state index >= 15 is 0 Å². The molecule has 6 heteroatoms. The summed E-state index contributed by atoms with van der Waals surface area (Å²) in [5, 5.41) is 3.05. The van der Waals surface area contributed by atoms with Crippen LogP contribution < -0.4 is 4.74 Å². The fraction of sp³-hybridized carbons (Fsp3) is 0.364. The molecule has 0 heterocycles. The molecule has 0 aliphatic heterocycles. The molecule has 0 unspecified atom stereocenters. The second-order valence-corrected chi connectivity index (χ2v) is 3.86. The zero-order valence-electron chi connectivity index (χ0n) is 9.13. The van der Waals surface area contributed by atoms with Crippen molar-refractivity contribution in [1.82, 2.24) is 0 Å². The molecule has 0 spiro atoms. The van der Waals surface area contributed by atoms with Crippen LogP contribution in [0.5, 0.6) is 5.75 Å². The summed E-state index contributed by atoms with van der Waals surface area (Å²) in [6, 6.07) is 4.18. The maximum atomic E-state index is 13.1. The zero-order chi connectivity index (χ0) is 12.4. The molecule has 0 bridgehead atoms. The summed E-state index contributed by atoms with van der Waals surface area (Å²) < 4.78 is 18.2. The normalized spacial score (nSPS) is 21.5. The number of benzene rings is 1. The smallest absolute Gasteiger partial charge is 0.222 e. The predicted octanol–water partition coefficient (Wildman–Crippen LogP) is 2.77. The van der Waals surface area contributed by atoms with Gasteiger partial charge in [0, 0.05) is 16.4 Å². The number of methoxy groups -OCH3 is 1. The molecular weight excluding hydrogens is 225 g/mol. The van der Waals surface area contributed by atoms with Gasteiger partial charge in [0.25, 0.3) is 0 Å². The van der Waals surface area contributed by atoms with E-state index in [-0.39, 0.29) is 17.7 Å². The first-order valence-corrected chi connectivity index (χ1v) is 5.09. The first kappa shape index (κ1) is 11.4. The molecule has 2 atom stereocenters. The van der Waals surface area contributed by atoms with Gasteiger partial charge >= 0.3 is 0 Å². The molecular formula is C11H10FN3O2. The topological polar surface area (TPSA) is 75.1 Å². The highest BCUT2D eigenvalue weighted by Crippen LogP contribution is 2.51. The van der Waals surface area contributed by atoms with Crippen LogP contribution in [0.15, 0.2) is 23.3 Å². The molecule has 1 aliphatic carbocycles. The van der Waals surface area contributed by atoms with Crippen LogP contribution in [0.1, 0.15) is 17.9 Å². The van der Waals surface area contributed by atoms with Crippen molar-refractivity contribution < 1.29 is 13.9 Å². The summed E-state index contributed by atoms with van der Waals surface area (Å²) in [7, 11) is 1.49. The summed E-state index contributed by atoms with van der Waals surface area (Å²) in [6.07, 6.45) is 0.567. The van der Waals surface area contributed by atoms with Crippen molar-refractivity contribution in [3.63, 3.8) is 0 Å². The quantitative estimate of drug-likeness (QED) is 0.459. The minimum Gasteiger partial charge on any atom is -0.496 e. The lowest BCUT2D eigenvalue weighted by molar-refractivity contribution is -0.119. The average Bonchev–Trinajstić information content (AvgIpc) is 3.09. The molecule has 1 saturated carbocycles. The van der Waals surface area contributed by atoms with E-state index in [1.807, 2.05) is 0 Å². The van der Waals surface area contributed by atoms with Crippen LogP contribution in [-0.4, -0.2) is 13.0 Å². The van der Waals surface area contributed by atoms with Crippen molar-refractivity contribution >= 4 is 5.91 Å². The highest BCUT2D eigenvalue weighted by molar-refractivity contribution is 5.83. The van der Waals surface area contributed by atoms with Gasteiger partial charge in [-0.2, -0.15) is 0 Å². The Labute approximate surface area is 96.8 Å². The fourth-order valence-corrected chi connectivity index (χ4v) is 1.92. The number of amides is 1. The summed E-state index contributed by atoms with van der Waals surface area (Å²) in [5.41, 5.74) is 8.82. The van der Waals surface area contributed by atoms with Gasteiger partial charge < -0.3 is 4.74 Å². The molecule has 2 rings (SSSR count). The number of carbonyl (C=O) groups is 1. The Morgan fingerprint density at radius 2 is 2.41 bits per heavy atom. The van der Waals surface area contributed by atoms with E-state index in [4.69, 9.17) is 10.3 Å². The summed E-state index contributed by atoms with van der Waals surface area (Å²) in [6.45, 7) is 0. The minimum atomic E-state index is -0.496. The molecule has 0 saturated heterocycles. The van der Waals surface area contributed by atoms with E-state index in [2.05, 4.69) is 10.0 Å². The molecule has 0 aromatic heterocycles. The Kier molecular flexibility index (Phi) is 2.97. The van der Waals surface area contributed by atoms with Crippen LogP contribution >= 0.6 is 0 Å². The average molecular weight is 235 g/mol. The summed E-state index contributed by atoms with van der Waals surface area (Å²) >= 11 is 0. The van der Waals surface area contributed by atoms with Gasteiger partial charge in [-0.3, -0.25) is 4.79 Å². The molecule has 1 aromatic rings. The fourth-order valence-electron chi connectivity index (χ4n) is 1.92. The van der Waals surface area contributed by atoms with Gasteiger partial charge in [-0.1, -0.05) is 0 Å². The van der Waals surface area contributed by atoms with Gasteiger partial charge in [-0.25, -0.2) is 4.39 Å². The number of hydrogen-bond acceptors (Lipinski definition) is 2. The molecule has 0 N–H and O–H groups in total. The number of azide groups is 1. The first-order valence-electron chi connectivity index (χ1n) is 5.09. The van der Waals surface area contributed by atoms with Crippen molar-refractivity contribution in [3.8, 4) is 5.75 Å². The third-order valence-electron chi connectivity index (χ3n) is 2.84. The van der Waals surface area contributed by atoms with E-state index in [0.717, 1.165) is 0 Å². The maximum Gasteiger partial charge on any atom is 0.222 e. The Morgan fingerprint density at radius 3 is 3.06 bits per heavy atom. The number of carbonyl (C=O) groups excluding carboxylic acids is 1. The van der Waals surface area contributed by atoms with Crippen molar-refractivity contribution in [1.29, 1.82) is 0 Å². The number of hydrogen-bond donors (Lipinski definition) is 0. The number of nitrogens with zero attached hydrogens (tertiary/aromatic N) is 3.